The van der Waals surface area contributed by atoms with E-state index in [0.717, 1.165) is 47.1 Å². The van der Waals surface area contributed by atoms with E-state index >= 15 is 0 Å². The van der Waals surface area contributed by atoms with Crippen LogP contribution in [-0.2, 0) is 13.0 Å². The number of fused-ring (bicyclic) bond motifs is 1. The zero-order valence-corrected chi connectivity index (χ0v) is 13.0. The maximum Gasteiger partial charge on any atom is 0.154 e. The van der Waals surface area contributed by atoms with E-state index in [1.807, 2.05) is 12.1 Å². The molecule has 0 aliphatic heterocycles. The van der Waals surface area contributed by atoms with Gasteiger partial charge in [0, 0.05) is 15.4 Å². The highest BCUT2D eigenvalue weighted by atomic mass is 79.9. The number of halogens is 2. The van der Waals surface area contributed by atoms with Gasteiger partial charge in [0.15, 0.2) is 5.58 Å². The highest BCUT2D eigenvalue weighted by Crippen LogP contribution is 2.36. The van der Waals surface area contributed by atoms with E-state index in [2.05, 4.69) is 35.1 Å². The van der Waals surface area contributed by atoms with Crippen molar-refractivity contribution in [3.8, 4) is 0 Å². The third-order valence-corrected chi connectivity index (χ3v) is 3.95. The van der Waals surface area contributed by atoms with Crippen LogP contribution in [0, 0.1) is 0 Å². The molecule has 2 aromatic rings. The molecule has 0 saturated carbocycles. The summed E-state index contributed by atoms with van der Waals surface area (Å²) in [5.74, 6) is 0.995. The number of rotatable bonds is 5. The number of hydrogen-bond acceptors (Lipinski definition) is 2. The van der Waals surface area contributed by atoms with Crippen molar-refractivity contribution in [3.63, 3.8) is 0 Å². The van der Waals surface area contributed by atoms with Gasteiger partial charge in [-0.05, 0) is 31.5 Å². The van der Waals surface area contributed by atoms with Crippen molar-refractivity contribution in [1.82, 2.24) is 5.32 Å². The molecule has 1 aromatic carbocycles. The number of nitrogens with one attached hydrogen (secondary N) is 1. The molecule has 0 saturated heterocycles. The molecule has 0 aliphatic rings. The fourth-order valence-electron chi connectivity index (χ4n) is 2.13. The summed E-state index contributed by atoms with van der Waals surface area (Å²) in [5, 5.41) is 5.15. The minimum Gasteiger partial charge on any atom is -0.458 e. The van der Waals surface area contributed by atoms with Crippen molar-refractivity contribution in [2.75, 3.05) is 6.54 Å². The van der Waals surface area contributed by atoms with E-state index in [4.69, 9.17) is 16.0 Å². The first kappa shape index (κ1) is 13.9. The van der Waals surface area contributed by atoms with Crippen molar-refractivity contribution in [2.45, 2.75) is 33.2 Å². The van der Waals surface area contributed by atoms with Crippen LogP contribution in [0.15, 0.2) is 21.0 Å². The van der Waals surface area contributed by atoms with E-state index in [1.165, 1.54) is 5.56 Å². The summed E-state index contributed by atoms with van der Waals surface area (Å²) in [5.41, 5.74) is 2.03. The highest BCUT2D eigenvalue weighted by molar-refractivity contribution is 9.10. The van der Waals surface area contributed by atoms with Gasteiger partial charge in [0.2, 0.25) is 0 Å². The molecular weight excluding hydrogens is 314 g/mol. The van der Waals surface area contributed by atoms with Crippen LogP contribution in [0.5, 0.6) is 0 Å². The molecule has 4 heteroatoms. The SMILES string of the molecule is CCCNCc1oc2c(Cl)ccc(Br)c2c1CC. The lowest BCUT2D eigenvalue weighted by atomic mass is 10.1. The zero-order chi connectivity index (χ0) is 13.1. The minimum absolute atomic E-state index is 0.671. The average Bonchev–Trinajstić information content (AvgIpc) is 2.74. The van der Waals surface area contributed by atoms with Gasteiger partial charge in [-0.15, -0.1) is 0 Å². The van der Waals surface area contributed by atoms with Crippen LogP contribution in [0.3, 0.4) is 0 Å². The Bertz CT molecular complexity index is 550. The van der Waals surface area contributed by atoms with Gasteiger partial charge in [-0.3, -0.25) is 0 Å². The lowest BCUT2D eigenvalue weighted by molar-refractivity contribution is 0.508. The van der Waals surface area contributed by atoms with Crippen LogP contribution in [0.2, 0.25) is 5.02 Å². The lowest BCUT2D eigenvalue weighted by Crippen LogP contribution is -2.14. The Kier molecular flexibility index (Phi) is 4.71. The zero-order valence-electron chi connectivity index (χ0n) is 10.6. The molecule has 1 N–H and O–H groups in total. The molecule has 2 nitrogen and oxygen atoms in total. The van der Waals surface area contributed by atoms with Gasteiger partial charge in [0.05, 0.1) is 11.6 Å². The lowest BCUT2D eigenvalue weighted by Gasteiger charge is -2.02. The molecule has 0 spiro atoms. The summed E-state index contributed by atoms with van der Waals surface area (Å²) >= 11 is 9.78. The second-order valence-electron chi connectivity index (χ2n) is 4.27. The first-order valence-electron chi connectivity index (χ1n) is 6.28. The highest BCUT2D eigenvalue weighted by Gasteiger charge is 2.16. The van der Waals surface area contributed by atoms with Crippen LogP contribution in [-0.4, -0.2) is 6.54 Å². The molecule has 18 heavy (non-hydrogen) atoms. The minimum atomic E-state index is 0.671. The second kappa shape index (κ2) is 6.09. The summed E-state index contributed by atoms with van der Waals surface area (Å²) in [4.78, 5) is 0. The number of hydrogen-bond donors (Lipinski definition) is 1. The van der Waals surface area contributed by atoms with Gasteiger partial charge in [-0.25, -0.2) is 0 Å². The normalized spacial score (nSPS) is 11.3. The first-order valence-corrected chi connectivity index (χ1v) is 7.45. The van der Waals surface area contributed by atoms with E-state index in [9.17, 15) is 0 Å². The van der Waals surface area contributed by atoms with Crippen molar-refractivity contribution in [1.29, 1.82) is 0 Å². The van der Waals surface area contributed by atoms with Crippen molar-refractivity contribution in [2.24, 2.45) is 0 Å². The largest absolute Gasteiger partial charge is 0.458 e. The van der Waals surface area contributed by atoms with Gasteiger partial charge in [0.1, 0.15) is 5.76 Å². The van der Waals surface area contributed by atoms with Crippen LogP contribution in [0.25, 0.3) is 11.0 Å². The third-order valence-electron chi connectivity index (χ3n) is 2.99. The monoisotopic (exact) mass is 329 g/mol. The topological polar surface area (TPSA) is 25.2 Å². The molecular formula is C14H17BrClNO. The average molecular weight is 331 g/mol. The van der Waals surface area contributed by atoms with E-state index < -0.39 is 0 Å². The molecule has 1 heterocycles. The quantitative estimate of drug-likeness (QED) is 0.788. The van der Waals surface area contributed by atoms with Crippen LogP contribution >= 0.6 is 27.5 Å². The molecule has 0 fully saturated rings. The summed E-state index contributed by atoms with van der Waals surface area (Å²) in [6.45, 7) is 6.05. The Labute approximate surface area is 121 Å². The van der Waals surface area contributed by atoms with E-state index in [-0.39, 0.29) is 0 Å². The maximum atomic E-state index is 6.20. The second-order valence-corrected chi connectivity index (χ2v) is 5.53. The Morgan fingerprint density at radius 1 is 1.33 bits per heavy atom. The van der Waals surface area contributed by atoms with Crippen LogP contribution in [0.1, 0.15) is 31.6 Å². The molecule has 98 valence electrons. The van der Waals surface area contributed by atoms with Gasteiger partial charge < -0.3 is 9.73 Å². The fraction of sp³-hybridized carbons (Fsp3) is 0.429. The Hall–Kier alpha value is -0.510. The summed E-state index contributed by atoms with van der Waals surface area (Å²) in [6.07, 6.45) is 2.06. The van der Waals surface area contributed by atoms with Crippen molar-refractivity contribution in [3.05, 3.63) is 33.0 Å². The molecule has 0 unspecified atom stereocenters. The Morgan fingerprint density at radius 3 is 2.78 bits per heavy atom. The Morgan fingerprint density at radius 2 is 2.11 bits per heavy atom. The van der Waals surface area contributed by atoms with Gasteiger partial charge >= 0.3 is 0 Å². The number of furan rings is 1. The van der Waals surface area contributed by atoms with Crippen molar-refractivity contribution >= 4 is 38.5 Å². The summed E-state index contributed by atoms with van der Waals surface area (Å²) in [6, 6.07) is 3.84. The fourth-order valence-corrected chi connectivity index (χ4v) is 2.88. The smallest absolute Gasteiger partial charge is 0.154 e. The summed E-state index contributed by atoms with van der Waals surface area (Å²) in [7, 11) is 0. The molecule has 0 aliphatic carbocycles. The standard InChI is InChI=1S/C14H17BrClNO/c1-3-7-17-8-12-9(4-2)13-10(15)5-6-11(16)14(13)18-12/h5-6,17H,3-4,7-8H2,1-2H3. The Balaban J connectivity index is 2.47. The van der Waals surface area contributed by atoms with E-state index in [1.54, 1.807) is 0 Å². The molecule has 1 aromatic heterocycles. The van der Waals surface area contributed by atoms with Gasteiger partial charge in [0.25, 0.3) is 0 Å². The van der Waals surface area contributed by atoms with Crippen LogP contribution < -0.4 is 5.32 Å². The molecule has 2 rings (SSSR count). The predicted octanol–water partition coefficient (Wildman–Crippen LogP) is 4.91. The number of benzene rings is 1. The third kappa shape index (κ3) is 2.58. The van der Waals surface area contributed by atoms with Crippen molar-refractivity contribution < 1.29 is 4.42 Å². The van der Waals surface area contributed by atoms with Crippen LogP contribution in [0.4, 0.5) is 0 Å². The van der Waals surface area contributed by atoms with Gasteiger partial charge in [-0.1, -0.05) is 41.4 Å². The maximum absolute atomic E-state index is 6.20. The number of aryl methyl sites for hydroxylation is 1. The molecule has 0 bridgehead atoms. The van der Waals surface area contributed by atoms with E-state index in [0.29, 0.717) is 5.02 Å². The first-order chi connectivity index (χ1) is 8.69. The predicted molar refractivity (Wildman–Crippen MR) is 80.3 cm³/mol. The van der Waals surface area contributed by atoms with Gasteiger partial charge in [-0.2, -0.15) is 0 Å². The molecule has 0 radical (unpaired) electrons. The molecule has 0 atom stereocenters. The summed E-state index contributed by atoms with van der Waals surface area (Å²) < 4.78 is 6.97. The molecule has 0 amide bonds.